The number of carbonyl (C=O) groups excluding carboxylic acids is 3. The predicted octanol–water partition coefficient (Wildman–Crippen LogP) is -3.64. The van der Waals surface area contributed by atoms with Gasteiger partial charge in [0.15, 0.2) is 30.5 Å². The highest BCUT2D eigenvalue weighted by atomic mass is 16.7. The third kappa shape index (κ3) is 7.60. The average Bonchev–Trinajstić information content (AvgIpc) is 3.58. The normalized spacial score (nSPS) is 42.9. The summed E-state index contributed by atoms with van der Waals surface area (Å²) in [5.41, 5.74) is 1.22. The molecule has 0 radical (unpaired) electrons. The molecule has 2 aliphatic carbocycles. The van der Waals surface area contributed by atoms with Crippen LogP contribution in [0.15, 0.2) is 16.6 Å². The maximum absolute atomic E-state index is 12.6. The van der Waals surface area contributed by atoms with Crippen molar-refractivity contribution in [1.29, 1.82) is 0 Å². The van der Waals surface area contributed by atoms with Gasteiger partial charge in [-0.1, -0.05) is 13.8 Å². The number of primary amides is 1. The number of aliphatic hydroxyl groups excluding tert-OH is 3. The standard InChI is InChI=1S/C34H51N3O12/c1-17(2)20(11-18-9-10-36-13-18)14-37-15-33(45)32(49-28(31(43)44)29(41)34(33,46)16-38)47-22-7-8-23-24(12-22)48-27(30(35)42)25(26(23)40)19-3-5-21(39)6-4-19/h9-10,13,16-17,19-29,32,37,39-41,45-46H,3-8,11-12,14-15H2,1-2H3,(H2-,35,42,43,44)/p+2/t19?,20-,21?,22?,23?,24?,25?,26?,27?,28-,29+,32+,33+,34-/m0/s1. The van der Waals surface area contributed by atoms with E-state index in [1.165, 1.54) is 0 Å². The van der Waals surface area contributed by atoms with Crippen LogP contribution in [-0.4, -0.2) is 128 Å². The largest absolute Gasteiger partial charge is 0.547 e. The summed E-state index contributed by atoms with van der Waals surface area (Å²) in [4.78, 5) is 41.1. The van der Waals surface area contributed by atoms with E-state index in [4.69, 9.17) is 19.9 Å². The quantitative estimate of drug-likeness (QED) is 0.0562. The average molecular weight is 696 g/mol. The monoisotopic (exact) mass is 695 g/mol. The van der Waals surface area contributed by atoms with Crippen LogP contribution in [0.4, 0.5) is 0 Å². The zero-order valence-electron chi connectivity index (χ0n) is 28.1. The van der Waals surface area contributed by atoms with Crippen LogP contribution in [0.2, 0.25) is 0 Å². The molecule has 3 heterocycles. The number of amides is 1. The van der Waals surface area contributed by atoms with Crippen molar-refractivity contribution in [3.8, 4) is 0 Å². The van der Waals surface area contributed by atoms with Crippen LogP contribution in [0.1, 0.15) is 65.2 Å². The molecule has 49 heavy (non-hydrogen) atoms. The van der Waals surface area contributed by atoms with Crippen molar-refractivity contribution in [2.75, 3.05) is 13.1 Å². The summed E-state index contributed by atoms with van der Waals surface area (Å²) in [6, 6.07) is 0. The lowest BCUT2D eigenvalue weighted by atomic mass is 9.66. The van der Waals surface area contributed by atoms with E-state index in [1.54, 1.807) is 18.1 Å². The number of carbonyl (C=O) groups is 3. The number of aliphatic hydroxyl groups is 7. The Bertz CT molecular complexity index is 1260. The molecule has 0 aromatic rings. The lowest BCUT2D eigenvalue weighted by Crippen LogP contribution is -2.95. The van der Waals surface area contributed by atoms with Gasteiger partial charge in [-0.3, -0.25) is 9.59 Å². The third-order valence-corrected chi connectivity index (χ3v) is 11.7. The number of ether oxygens (including phenoxy) is 3. The minimum atomic E-state index is -3.00. The van der Waals surface area contributed by atoms with Crippen LogP contribution in [0.25, 0.3) is 0 Å². The van der Waals surface area contributed by atoms with Gasteiger partial charge in [0.25, 0.3) is 5.91 Å². The number of rotatable bonds is 13. The number of hydrogen-bond donors (Lipinski definition) is 7. The molecule has 274 valence electrons. The number of carboxylic acids is 1. The van der Waals surface area contributed by atoms with Gasteiger partial charge in [0.05, 0.1) is 48.7 Å². The first-order valence-corrected chi connectivity index (χ1v) is 17.5. The molecule has 12 atom stereocenters. The maximum atomic E-state index is 12.6. The SMILES string of the molecule is CC(C)[C@H](C[NH2+]C[C@@]1(O)[C@H](OC2CCC3C(C2)[OH+]C(C(N)=O)C(C2CCC(O)CC2)C3O)O[C@H](C(=O)[O-])[C@@H](O)[C@@]1(O)C=O)CC1=C[CH+]N=C1. The van der Waals surface area contributed by atoms with E-state index in [1.807, 2.05) is 19.9 Å². The Labute approximate surface area is 285 Å². The highest BCUT2D eigenvalue weighted by Crippen LogP contribution is 2.46. The molecular formula is C34H53N3O12+2. The van der Waals surface area contributed by atoms with E-state index in [-0.39, 0.29) is 36.4 Å². The molecule has 10 N–H and O–H groups in total. The predicted molar refractivity (Wildman–Crippen MR) is 170 cm³/mol. The minimum Gasteiger partial charge on any atom is -0.547 e. The summed E-state index contributed by atoms with van der Waals surface area (Å²) in [5.74, 6) is -3.08. The molecule has 1 amide bonds. The number of nitrogens with zero attached hydrogens (tertiary/aromatic N) is 1. The second kappa shape index (κ2) is 15.4. The fourth-order valence-electron chi connectivity index (χ4n) is 8.67. The molecule has 0 bridgehead atoms. The fourth-order valence-corrected chi connectivity index (χ4v) is 8.67. The maximum Gasteiger partial charge on any atom is 0.297 e. The number of hydrogen-bond acceptors (Lipinski definition) is 12. The van der Waals surface area contributed by atoms with E-state index >= 15 is 0 Å². The zero-order valence-corrected chi connectivity index (χ0v) is 28.1. The molecule has 0 aromatic heterocycles. The summed E-state index contributed by atoms with van der Waals surface area (Å²) < 4.78 is 16.6. The van der Waals surface area contributed by atoms with Crippen molar-refractivity contribution in [2.24, 2.45) is 40.3 Å². The second-order valence-corrected chi connectivity index (χ2v) is 15.1. The van der Waals surface area contributed by atoms with E-state index in [9.17, 15) is 45.0 Å². The van der Waals surface area contributed by atoms with Crippen LogP contribution >= 0.6 is 0 Å². The first kappa shape index (κ1) is 37.8. The number of aliphatic imine (C=N–C) groups is 1. The van der Waals surface area contributed by atoms with E-state index in [0.29, 0.717) is 51.5 Å². The van der Waals surface area contributed by atoms with Gasteiger partial charge in [-0.15, -0.1) is 4.99 Å². The van der Waals surface area contributed by atoms with E-state index in [0.717, 1.165) is 5.57 Å². The summed E-state index contributed by atoms with van der Waals surface area (Å²) in [6.07, 6.45) is -2.40. The number of carboxylic acid groups (broad SMARTS) is 1. The van der Waals surface area contributed by atoms with Crippen LogP contribution in [-0.2, 0) is 23.9 Å². The molecule has 0 spiro atoms. The zero-order chi connectivity index (χ0) is 35.7. The molecule has 15 nitrogen and oxygen atoms in total. The Morgan fingerprint density at radius 2 is 1.92 bits per heavy atom. The summed E-state index contributed by atoms with van der Waals surface area (Å²) in [5, 5.41) is 69.6. The van der Waals surface area contributed by atoms with Gasteiger partial charge in [0, 0.05) is 18.8 Å². The van der Waals surface area contributed by atoms with Crippen molar-refractivity contribution in [1.82, 2.24) is 0 Å². The molecule has 2 saturated heterocycles. The van der Waals surface area contributed by atoms with Gasteiger partial charge in [-0.2, -0.15) is 0 Å². The Balaban J connectivity index is 1.33. The first-order chi connectivity index (χ1) is 23.2. The van der Waals surface area contributed by atoms with Crippen molar-refractivity contribution in [3.63, 3.8) is 0 Å². The first-order valence-electron chi connectivity index (χ1n) is 17.5. The molecule has 5 aliphatic rings. The third-order valence-electron chi connectivity index (χ3n) is 11.7. The topological polar surface area (TPSA) is 262 Å². The summed E-state index contributed by atoms with van der Waals surface area (Å²) >= 11 is 0. The highest BCUT2D eigenvalue weighted by molar-refractivity contribution is 5.82. The smallest absolute Gasteiger partial charge is 0.297 e. The Morgan fingerprint density at radius 3 is 2.51 bits per heavy atom. The molecule has 2 saturated carbocycles. The van der Waals surface area contributed by atoms with Gasteiger partial charge >= 0.3 is 0 Å². The Hall–Kier alpha value is -2.47. The van der Waals surface area contributed by atoms with E-state index in [2.05, 4.69) is 4.99 Å². The number of nitrogens with two attached hydrogens (primary N) is 2. The van der Waals surface area contributed by atoms with Crippen LogP contribution in [0, 0.1) is 36.1 Å². The Morgan fingerprint density at radius 1 is 1.20 bits per heavy atom. The molecule has 0 aromatic carbocycles. The molecule has 3 aliphatic heterocycles. The molecule has 15 heteroatoms. The minimum absolute atomic E-state index is 0.0258. The van der Waals surface area contributed by atoms with Gasteiger partial charge < -0.3 is 60.7 Å². The summed E-state index contributed by atoms with van der Waals surface area (Å²) in [6.45, 7) is 5.83. The van der Waals surface area contributed by atoms with Crippen LogP contribution in [0.3, 0.4) is 0 Å². The van der Waals surface area contributed by atoms with Gasteiger partial charge in [-0.25, -0.2) is 0 Å². The number of aliphatic carboxylic acids is 1. The van der Waals surface area contributed by atoms with Gasteiger partial charge in [0.1, 0.15) is 30.9 Å². The Kier molecular flexibility index (Phi) is 11.9. The number of fused-ring (bicyclic) bond motifs is 1. The van der Waals surface area contributed by atoms with Crippen molar-refractivity contribution < 1.29 is 64.6 Å². The number of quaternary nitrogens is 1. The lowest BCUT2D eigenvalue weighted by molar-refractivity contribution is -0.682. The number of aldehydes is 1. The van der Waals surface area contributed by atoms with Crippen LogP contribution in [0.5, 0.6) is 0 Å². The van der Waals surface area contributed by atoms with Gasteiger partial charge in [-0.05, 0) is 50.4 Å². The van der Waals surface area contributed by atoms with Crippen molar-refractivity contribution in [3.05, 3.63) is 18.2 Å². The molecule has 6 unspecified atom stereocenters. The number of allylic oxidation sites excluding steroid dienone is 1. The van der Waals surface area contributed by atoms with E-state index < -0.39 is 84.6 Å². The fraction of sp³-hybridized carbons (Fsp3) is 0.794. The van der Waals surface area contributed by atoms with Crippen LogP contribution < -0.4 is 16.2 Å². The molecule has 5 rings (SSSR count). The lowest BCUT2D eigenvalue weighted by Gasteiger charge is -2.53. The van der Waals surface area contributed by atoms with Crippen molar-refractivity contribution in [2.45, 2.75) is 125 Å². The second-order valence-electron chi connectivity index (χ2n) is 15.1. The van der Waals surface area contributed by atoms with Gasteiger partial charge in [0.2, 0.25) is 11.7 Å². The van der Waals surface area contributed by atoms with Crippen molar-refractivity contribution >= 4 is 24.4 Å². The highest BCUT2D eigenvalue weighted by Gasteiger charge is 2.68. The summed E-state index contributed by atoms with van der Waals surface area (Å²) in [7, 11) is 0. The molecular weight excluding hydrogens is 642 g/mol. The molecule has 4 fully saturated rings.